The van der Waals surface area contributed by atoms with E-state index >= 15 is 0 Å². The van der Waals surface area contributed by atoms with Crippen molar-refractivity contribution in [2.75, 3.05) is 11.9 Å². The number of anilines is 1. The number of carbonyl (C=O) groups is 1. The molecule has 96 valence electrons. The summed E-state index contributed by atoms with van der Waals surface area (Å²) < 4.78 is 0. The molecule has 2 nitrogen and oxygen atoms in total. The minimum Gasteiger partial charge on any atom is -0.314 e. The third kappa shape index (κ3) is 1.75. The van der Waals surface area contributed by atoms with Crippen LogP contribution in [0.2, 0.25) is 0 Å². The van der Waals surface area contributed by atoms with Crippen LogP contribution in [0.5, 0.6) is 0 Å². The highest BCUT2D eigenvalue weighted by atomic mass is 16.2. The Bertz CT molecular complexity index is 620. The predicted molar refractivity (Wildman–Crippen MR) is 77.4 cm³/mol. The van der Waals surface area contributed by atoms with Gasteiger partial charge in [-0.1, -0.05) is 48.5 Å². The Balaban J connectivity index is 2.06. The molecule has 0 aliphatic carbocycles. The van der Waals surface area contributed by atoms with Gasteiger partial charge in [-0.15, -0.1) is 0 Å². The summed E-state index contributed by atoms with van der Waals surface area (Å²) in [4.78, 5) is 14.4. The van der Waals surface area contributed by atoms with E-state index in [1.54, 1.807) is 4.90 Å². The van der Waals surface area contributed by atoms with Gasteiger partial charge in [0.05, 0.1) is 5.41 Å². The third-order valence-corrected chi connectivity index (χ3v) is 4.04. The molecular weight excluding hydrogens is 234 g/mol. The molecule has 2 heteroatoms. The number of nitrogens with zero attached hydrogens (tertiary/aromatic N) is 1. The van der Waals surface area contributed by atoms with Gasteiger partial charge >= 0.3 is 0 Å². The lowest BCUT2D eigenvalue weighted by molar-refractivity contribution is -0.122. The number of para-hydroxylation sites is 1. The van der Waals surface area contributed by atoms with E-state index in [0.717, 1.165) is 17.7 Å². The van der Waals surface area contributed by atoms with Crippen molar-refractivity contribution in [2.24, 2.45) is 0 Å². The van der Waals surface area contributed by atoms with Crippen LogP contribution in [0.4, 0.5) is 5.69 Å². The normalized spacial score (nSPS) is 21.6. The quantitative estimate of drug-likeness (QED) is 0.803. The maximum Gasteiger partial charge on any atom is 0.237 e. The van der Waals surface area contributed by atoms with Gasteiger partial charge in [0.2, 0.25) is 5.91 Å². The number of fused-ring (bicyclic) bond motifs is 1. The van der Waals surface area contributed by atoms with Crippen LogP contribution < -0.4 is 4.90 Å². The molecule has 1 heterocycles. The fourth-order valence-electron chi connectivity index (χ4n) is 3.00. The Kier molecular flexibility index (Phi) is 2.67. The number of benzene rings is 2. The van der Waals surface area contributed by atoms with Crippen molar-refractivity contribution in [3.63, 3.8) is 0 Å². The van der Waals surface area contributed by atoms with Crippen LogP contribution in [0.15, 0.2) is 54.6 Å². The van der Waals surface area contributed by atoms with Crippen molar-refractivity contribution in [3.05, 3.63) is 65.7 Å². The largest absolute Gasteiger partial charge is 0.314 e. The van der Waals surface area contributed by atoms with E-state index in [-0.39, 0.29) is 5.91 Å². The number of likely N-dealkylation sites (N-methyl/N-ethyl adjacent to an activating group) is 1. The van der Waals surface area contributed by atoms with Crippen molar-refractivity contribution in [2.45, 2.75) is 18.8 Å². The van der Waals surface area contributed by atoms with Crippen molar-refractivity contribution in [1.29, 1.82) is 0 Å². The molecule has 1 amide bonds. The molecule has 3 rings (SSSR count). The fraction of sp³-hybridized carbons (Fsp3) is 0.235. The van der Waals surface area contributed by atoms with Crippen LogP contribution in [0.3, 0.4) is 0 Å². The molecule has 0 fully saturated rings. The topological polar surface area (TPSA) is 20.3 Å². The molecule has 1 atom stereocenters. The third-order valence-electron chi connectivity index (χ3n) is 4.04. The first-order valence-electron chi connectivity index (χ1n) is 6.54. The Labute approximate surface area is 113 Å². The monoisotopic (exact) mass is 251 g/mol. The highest BCUT2D eigenvalue weighted by molar-refractivity contribution is 6.07. The highest BCUT2D eigenvalue weighted by Gasteiger charge is 2.45. The summed E-state index contributed by atoms with van der Waals surface area (Å²) in [6, 6.07) is 18.3. The Morgan fingerprint density at radius 3 is 2.37 bits per heavy atom. The second-order valence-electron chi connectivity index (χ2n) is 5.38. The molecular formula is C17H17NO. The molecule has 0 spiro atoms. The summed E-state index contributed by atoms with van der Waals surface area (Å²) in [5, 5.41) is 0. The van der Waals surface area contributed by atoms with Crippen molar-refractivity contribution >= 4 is 11.6 Å². The molecule has 0 bridgehead atoms. The minimum absolute atomic E-state index is 0.178. The Hall–Kier alpha value is -2.09. The summed E-state index contributed by atoms with van der Waals surface area (Å²) in [6.45, 7) is 2.05. The molecule has 19 heavy (non-hydrogen) atoms. The second-order valence-corrected chi connectivity index (χ2v) is 5.38. The molecule has 1 aliphatic heterocycles. The number of amides is 1. The smallest absolute Gasteiger partial charge is 0.237 e. The summed E-state index contributed by atoms with van der Waals surface area (Å²) >= 11 is 0. The number of rotatable bonds is 2. The van der Waals surface area contributed by atoms with Crippen LogP contribution in [0.25, 0.3) is 0 Å². The van der Waals surface area contributed by atoms with E-state index in [0.29, 0.717) is 0 Å². The van der Waals surface area contributed by atoms with Crippen LogP contribution in [0, 0.1) is 0 Å². The zero-order valence-corrected chi connectivity index (χ0v) is 11.3. The van der Waals surface area contributed by atoms with Gasteiger partial charge in [-0.2, -0.15) is 0 Å². The molecule has 1 unspecified atom stereocenters. The maximum absolute atomic E-state index is 12.6. The van der Waals surface area contributed by atoms with E-state index in [1.807, 2.05) is 50.4 Å². The SMILES string of the molecule is CN1C(=O)C(C)(Cc2ccccc2)c2ccccc21. The summed E-state index contributed by atoms with van der Waals surface area (Å²) in [6.07, 6.45) is 0.744. The summed E-state index contributed by atoms with van der Waals surface area (Å²) in [5.74, 6) is 0.178. The molecule has 0 saturated heterocycles. The van der Waals surface area contributed by atoms with E-state index in [1.165, 1.54) is 5.56 Å². The van der Waals surface area contributed by atoms with E-state index in [4.69, 9.17) is 0 Å². The average molecular weight is 251 g/mol. The molecule has 1 aliphatic rings. The van der Waals surface area contributed by atoms with Crippen molar-refractivity contribution < 1.29 is 4.79 Å². The molecule has 0 aromatic heterocycles. The molecule has 0 radical (unpaired) electrons. The van der Waals surface area contributed by atoms with Gasteiger partial charge in [0, 0.05) is 12.7 Å². The molecule has 0 saturated carbocycles. The summed E-state index contributed by atoms with van der Waals surface area (Å²) in [5.41, 5.74) is 2.91. The lowest BCUT2D eigenvalue weighted by atomic mass is 9.78. The van der Waals surface area contributed by atoms with Crippen LogP contribution in [0.1, 0.15) is 18.1 Å². The molecule has 2 aromatic rings. The average Bonchev–Trinajstić information content (AvgIpc) is 2.63. The van der Waals surface area contributed by atoms with Gasteiger partial charge in [0.15, 0.2) is 0 Å². The Morgan fingerprint density at radius 2 is 1.63 bits per heavy atom. The number of carbonyl (C=O) groups excluding carboxylic acids is 1. The van der Waals surface area contributed by atoms with Gasteiger partial charge in [-0.25, -0.2) is 0 Å². The van der Waals surface area contributed by atoms with Gasteiger partial charge in [-0.3, -0.25) is 4.79 Å². The van der Waals surface area contributed by atoms with E-state index < -0.39 is 5.41 Å². The van der Waals surface area contributed by atoms with Crippen molar-refractivity contribution in [3.8, 4) is 0 Å². The number of hydrogen-bond donors (Lipinski definition) is 0. The standard InChI is InChI=1S/C17H17NO/c1-17(12-13-8-4-3-5-9-13)14-10-6-7-11-15(14)18(2)16(17)19/h3-11H,12H2,1-2H3. The summed E-state index contributed by atoms with van der Waals surface area (Å²) in [7, 11) is 1.86. The number of hydrogen-bond acceptors (Lipinski definition) is 1. The van der Waals surface area contributed by atoms with Gasteiger partial charge < -0.3 is 4.90 Å². The maximum atomic E-state index is 12.6. The van der Waals surface area contributed by atoms with Gasteiger partial charge in [0.1, 0.15) is 0 Å². The lowest BCUT2D eigenvalue weighted by Gasteiger charge is -2.23. The zero-order valence-electron chi connectivity index (χ0n) is 11.3. The van der Waals surface area contributed by atoms with Crippen LogP contribution in [-0.4, -0.2) is 13.0 Å². The lowest BCUT2D eigenvalue weighted by Crippen LogP contribution is -2.37. The van der Waals surface area contributed by atoms with Crippen LogP contribution in [-0.2, 0) is 16.6 Å². The fourth-order valence-corrected chi connectivity index (χ4v) is 3.00. The second kappa shape index (κ2) is 4.23. The van der Waals surface area contributed by atoms with Crippen molar-refractivity contribution in [1.82, 2.24) is 0 Å². The Morgan fingerprint density at radius 1 is 1.00 bits per heavy atom. The first-order valence-corrected chi connectivity index (χ1v) is 6.54. The van der Waals surface area contributed by atoms with E-state index in [9.17, 15) is 4.79 Å². The zero-order chi connectivity index (χ0) is 13.5. The van der Waals surface area contributed by atoms with E-state index in [2.05, 4.69) is 18.2 Å². The molecule has 2 aromatic carbocycles. The van der Waals surface area contributed by atoms with Crippen LogP contribution >= 0.6 is 0 Å². The molecule has 0 N–H and O–H groups in total. The highest BCUT2D eigenvalue weighted by Crippen LogP contribution is 2.42. The minimum atomic E-state index is -0.452. The first-order chi connectivity index (χ1) is 9.13. The van der Waals surface area contributed by atoms with Gasteiger partial charge in [0.25, 0.3) is 0 Å². The first kappa shape index (κ1) is 12.0. The van der Waals surface area contributed by atoms with Gasteiger partial charge in [-0.05, 0) is 30.5 Å². The predicted octanol–water partition coefficient (Wildman–Crippen LogP) is 3.16.